The van der Waals surface area contributed by atoms with Crippen LogP contribution in [0.15, 0.2) is 60.4 Å². The zero-order chi connectivity index (χ0) is 23.6. The van der Waals surface area contributed by atoms with Gasteiger partial charge in [-0.05, 0) is 37.3 Å². The lowest BCUT2D eigenvalue weighted by Crippen LogP contribution is -2.23. The molecule has 0 radical (unpaired) electrons. The van der Waals surface area contributed by atoms with Gasteiger partial charge < -0.3 is 14.6 Å². The predicted octanol–water partition coefficient (Wildman–Crippen LogP) is 5.26. The lowest BCUT2D eigenvalue weighted by Gasteiger charge is -2.11. The van der Waals surface area contributed by atoms with Gasteiger partial charge in [0.1, 0.15) is 10.8 Å². The van der Waals surface area contributed by atoms with Gasteiger partial charge in [-0.2, -0.15) is 13.2 Å². The van der Waals surface area contributed by atoms with Crippen molar-refractivity contribution >= 4 is 17.2 Å². The third kappa shape index (κ3) is 5.06. The van der Waals surface area contributed by atoms with Gasteiger partial charge in [0.15, 0.2) is 0 Å². The average Bonchev–Trinajstić information content (AvgIpc) is 3.45. The zero-order valence-electron chi connectivity index (χ0n) is 17.7. The predicted molar refractivity (Wildman–Crippen MR) is 119 cm³/mol. The van der Waals surface area contributed by atoms with Crippen LogP contribution in [-0.2, 0) is 12.7 Å². The summed E-state index contributed by atoms with van der Waals surface area (Å²) >= 11 is 1.30. The fourth-order valence-corrected chi connectivity index (χ4v) is 4.01. The molecule has 0 bridgehead atoms. The van der Waals surface area contributed by atoms with E-state index in [2.05, 4.69) is 15.3 Å². The van der Waals surface area contributed by atoms with Crippen molar-refractivity contribution in [3.63, 3.8) is 0 Å². The number of carbonyl (C=O) groups excluding carboxylic acids is 1. The molecule has 4 aromatic rings. The van der Waals surface area contributed by atoms with Crippen molar-refractivity contribution in [2.24, 2.45) is 0 Å². The van der Waals surface area contributed by atoms with E-state index < -0.39 is 11.7 Å². The second-order valence-electron chi connectivity index (χ2n) is 7.21. The van der Waals surface area contributed by atoms with Crippen molar-refractivity contribution in [3.05, 3.63) is 82.9 Å². The Balaban J connectivity index is 1.43. The normalized spacial score (nSPS) is 11.4. The number of aromatic nitrogens is 3. The number of aryl methyl sites for hydroxylation is 1. The average molecular weight is 472 g/mol. The molecule has 0 saturated heterocycles. The minimum atomic E-state index is -4.38. The van der Waals surface area contributed by atoms with Crippen LogP contribution in [-0.4, -0.2) is 27.6 Å². The van der Waals surface area contributed by atoms with E-state index in [4.69, 9.17) is 4.74 Å². The largest absolute Gasteiger partial charge is 0.495 e. The van der Waals surface area contributed by atoms with E-state index >= 15 is 0 Å². The number of thiazole rings is 1. The van der Waals surface area contributed by atoms with Crippen molar-refractivity contribution in [1.29, 1.82) is 0 Å². The van der Waals surface area contributed by atoms with Crippen LogP contribution in [0.25, 0.3) is 16.3 Å². The summed E-state index contributed by atoms with van der Waals surface area (Å²) in [6.45, 7) is 2.06. The molecule has 0 aliphatic rings. The van der Waals surface area contributed by atoms with Gasteiger partial charge in [-0.3, -0.25) is 4.79 Å². The minimum Gasteiger partial charge on any atom is -0.495 e. The first-order chi connectivity index (χ1) is 15.7. The van der Waals surface area contributed by atoms with E-state index in [1.165, 1.54) is 30.6 Å². The Morgan fingerprint density at radius 2 is 1.94 bits per heavy atom. The fourth-order valence-electron chi connectivity index (χ4n) is 3.18. The molecule has 2 aromatic heterocycles. The van der Waals surface area contributed by atoms with Crippen molar-refractivity contribution in [1.82, 2.24) is 19.9 Å². The molecule has 0 unspecified atom stereocenters. The first-order valence-corrected chi connectivity index (χ1v) is 10.7. The smallest absolute Gasteiger partial charge is 0.416 e. The highest BCUT2D eigenvalue weighted by atomic mass is 32.1. The number of carbonyl (C=O) groups is 1. The summed E-state index contributed by atoms with van der Waals surface area (Å²) < 4.78 is 45.5. The Morgan fingerprint density at radius 3 is 2.58 bits per heavy atom. The molecule has 6 nitrogen and oxygen atoms in total. The molecule has 1 N–H and O–H groups in total. The number of nitrogens with one attached hydrogen (secondary N) is 1. The van der Waals surface area contributed by atoms with Crippen LogP contribution < -0.4 is 10.1 Å². The molecule has 0 aliphatic carbocycles. The summed E-state index contributed by atoms with van der Waals surface area (Å²) in [6, 6.07) is 9.95. The van der Waals surface area contributed by atoms with Gasteiger partial charge in [0.25, 0.3) is 5.91 Å². The van der Waals surface area contributed by atoms with E-state index in [9.17, 15) is 18.0 Å². The molecule has 1 amide bonds. The second kappa shape index (κ2) is 9.07. The van der Waals surface area contributed by atoms with Crippen molar-refractivity contribution in [3.8, 4) is 22.0 Å². The van der Waals surface area contributed by atoms with E-state index in [-0.39, 0.29) is 12.5 Å². The number of benzene rings is 2. The van der Waals surface area contributed by atoms with Gasteiger partial charge in [0.2, 0.25) is 0 Å². The van der Waals surface area contributed by atoms with Crippen LogP contribution >= 0.6 is 11.3 Å². The summed E-state index contributed by atoms with van der Waals surface area (Å²) in [7, 11) is 1.53. The summed E-state index contributed by atoms with van der Waals surface area (Å²) in [5.74, 6) is 0.226. The quantitative estimate of drug-likeness (QED) is 0.416. The van der Waals surface area contributed by atoms with Gasteiger partial charge in [-0.1, -0.05) is 12.1 Å². The highest BCUT2D eigenvalue weighted by molar-refractivity contribution is 7.13. The Labute approximate surface area is 191 Å². The van der Waals surface area contributed by atoms with E-state index in [0.29, 0.717) is 27.6 Å². The maximum Gasteiger partial charge on any atom is 0.416 e. The maximum atomic E-state index is 12.7. The van der Waals surface area contributed by atoms with E-state index in [1.54, 1.807) is 29.9 Å². The van der Waals surface area contributed by atoms with Crippen LogP contribution in [0.2, 0.25) is 0 Å². The maximum absolute atomic E-state index is 12.7. The third-order valence-electron chi connectivity index (χ3n) is 4.87. The number of nitrogens with zero attached hydrogens (tertiary/aromatic N) is 3. The van der Waals surface area contributed by atoms with Gasteiger partial charge in [0.05, 0.1) is 42.6 Å². The Kier molecular flexibility index (Phi) is 6.19. The van der Waals surface area contributed by atoms with Crippen LogP contribution in [0.1, 0.15) is 27.3 Å². The van der Waals surface area contributed by atoms with Gasteiger partial charge in [0, 0.05) is 22.7 Å². The van der Waals surface area contributed by atoms with Gasteiger partial charge in [-0.25, -0.2) is 9.97 Å². The summed E-state index contributed by atoms with van der Waals surface area (Å²) in [4.78, 5) is 21.2. The Hall–Kier alpha value is -3.66. The standard InChI is InChI=1S/C23H19F3N4O2S/c1-14-11-30(13-28-14)19-8-5-16(9-20(19)32-2)21(31)27-10-18-12-33-22(29-18)15-3-6-17(7-4-15)23(24,25)26/h3-9,11-13H,10H2,1-2H3,(H,27,31). The van der Waals surface area contributed by atoms with E-state index in [0.717, 1.165) is 23.5 Å². The van der Waals surface area contributed by atoms with Crippen LogP contribution in [0, 0.1) is 6.92 Å². The molecule has 0 aliphatic heterocycles. The topological polar surface area (TPSA) is 69.0 Å². The molecule has 2 aromatic carbocycles. The summed E-state index contributed by atoms with van der Waals surface area (Å²) in [5.41, 5.74) is 2.53. The van der Waals surface area contributed by atoms with Gasteiger partial charge in [-0.15, -0.1) is 11.3 Å². The SMILES string of the molecule is COc1cc(C(=O)NCc2csc(-c3ccc(C(F)(F)F)cc3)n2)ccc1-n1cnc(C)c1. The molecule has 33 heavy (non-hydrogen) atoms. The molecular weight excluding hydrogens is 453 g/mol. The number of halogens is 3. The monoisotopic (exact) mass is 472 g/mol. The van der Waals surface area contributed by atoms with Crippen molar-refractivity contribution in [2.45, 2.75) is 19.6 Å². The molecule has 10 heteroatoms. The summed E-state index contributed by atoms with van der Waals surface area (Å²) in [5, 5.41) is 5.15. The lowest BCUT2D eigenvalue weighted by atomic mass is 10.1. The highest BCUT2D eigenvalue weighted by Crippen LogP contribution is 2.32. The van der Waals surface area contributed by atoms with Crippen LogP contribution in [0.4, 0.5) is 13.2 Å². The number of rotatable bonds is 6. The molecule has 0 atom stereocenters. The number of ether oxygens (including phenoxy) is 1. The highest BCUT2D eigenvalue weighted by Gasteiger charge is 2.30. The molecule has 0 spiro atoms. The molecule has 170 valence electrons. The minimum absolute atomic E-state index is 0.181. The second-order valence-corrected chi connectivity index (χ2v) is 8.07. The number of hydrogen-bond acceptors (Lipinski definition) is 5. The lowest BCUT2D eigenvalue weighted by molar-refractivity contribution is -0.137. The number of hydrogen-bond donors (Lipinski definition) is 1. The zero-order valence-corrected chi connectivity index (χ0v) is 18.5. The molecule has 0 saturated carbocycles. The number of amides is 1. The number of methoxy groups -OCH3 is 1. The third-order valence-corrected chi connectivity index (χ3v) is 5.81. The van der Waals surface area contributed by atoms with Gasteiger partial charge >= 0.3 is 6.18 Å². The molecular formula is C23H19F3N4O2S. The van der Waals surface area contributed by atoms with Crippen LogP contribution in [0.3, 0.4) is 0 Å². The Bertz CT molecular complexity index is 1280. The molecule has 0 fully saturated rings. The fraction of sp³-hybridized carbons (Fsp3) is 0.174. The molecule has 4 rings (SSSR count). The first-order valence-electron chi connectivity index (χ1n) is 9.84. The first kappa shape index (κ1) is 22.5. The molecule has 2 heterocycles. The Morgan fingerprint density at radius 1 is 1.18 bits per heavy atom. The van der Waals surface area contributed by atoms with Crippen LogP contribution in [0.5, 0.6) is 5.75 Å². The van der Waals surface area contributed by atoms with E-state index in [1.807, 2.05) is 17.7 Å². The number of imidazole rings is 1. The van der Waals surface area contributed by atoms with Crippen molar-refractivity contribution < 1.29 is 22.7 Å². The summed E-state index contributed by atoms with van der Waals surface area (Å²) in [6.07, 6.45) is -0.854. The van der Waals surface area contributed by atoms with Crippen molar-refractivity contribution in [2.75, 3.05) is 7.11 Å². The number of alkyl halides is 3.